The van der Waals surface area contributed by atoms with E-state index in [1.165, 1.54) is 12.1 Å². The lowest BCUT2D eigenvalue weighted by Gasteiger charge is -2.10. The molecule has 0 aromatic heterocycles. The van der Waals surface area contributed by atoms with Gasteiger partial charge in [-0.25, -0.2) is 9.18 Å². The predicted octanol–water partition coefficient (Wildman–Crippen LogP) is 2.51. The Bertz CT molecular complexity index is 548. The van der Waals surface area contributed by atoms with Crippen molar-refractivity contribution in [3.05, 3.63) is 29.6 Å². The molecule has 1 amide bonds. The lowest BCUT2D eigenvalue weighted by Crippen LogP contribution is -2.19. The first-order chi connectivity index (χ1) is 9.09. The number of carboxylic acid groups (broad SMARTS) is 1. The number of anilines is 1. The van der Waals surface area contributed by atoms with Crippen LogP contribution in [-0.4, -0.2) is 17.0 Å². The topological polar surface area (TPSA) is 66.4 Å². The molecule has 100 valence electrons. The van der Waals surface area contributed by atoms with Gasteiger partial charge in [-0.1, -0.05) is 12.5 Å². The third kappa shape index (κ3) is 1.99. The van der Waals surface area contributed by atoms with Gasteiger partial charge in [-0.2, -0.15) is 0 Å². The minimum atomic E-state index is -1.24. The molecule has 2 unspecified atom stereocenters. The van der Waals surface area contributed by atoms with Crippen molar-refractivity contribution in [2.24, 2.45) is 17.8 Å². The monoisotopic (exact) mass is 263 g/mol. The van der Waals surface area contributed by atoms with Crippen molar-refractivity contribution in [2.45, 2.75) is 19.3 Å². The summed E-state index contributed by atoms with van der Waals surface area (Å²) in [6, 6.07) is 3.75. The summed E-state index contributed by atoms with van der Waals surface area (Å²) in [5.41, 5.74) is -0.427. The number of carboxylic acids is 1. The van der Waals surface area contributed by atoms with Gasteiger partial charge < -0.3 is 10.4 Å². The molecule has 2 atom stereocenters. The second kappa shape index (κ2) is 4.33. The molecule has 2 fully saturated rings. The zero-order valence-electron chi connectivity index (χ0n) is 10.2. The maximum Gasteiger partial charge on any atom is 0.337 e. The van der Waals surface area contributed by atoms with Crippen molar-refractivity contribution in [1.82, 2.24) is 0 Å². The molecule has 0 saturated heterocycles. The van der Waals surface area contributed by atoms with E-state index < -0.39 is 11.8 Å². The van der Waals surface area contributed by atoms with Crippen molar-refractivity contribution in [3.63, 3.8) is 0 Å². The molecule has 0 heterocycles. The summed E-state index contributed by atoms with van der Waals surface area (Å²) in [7, 11) is 0. The number of carbonyl (C=O) groups excluding carboxylic acids is 1. The van der Waals surface area contributed by atoms with Crippen molar-refractivity contribution in [3.8, 4) is 0 Å². The van der Waals surface area contributed by atoms with E-state index in [1.54, 1.807) is 0 Å². The molecule has 3 rings (SSSR count). The first-order valence-corrected chi connectivity index (χ1v) is 6.42. The number of halogens is 1. The first kappa shape index (κ1) is 12.1. The number of hydrogen-bond donors (Lipinski definition) is 2. The Labute approximate surface area is 109 Å². The van der Waals surface area contributed by atoms with E-state index in [1.807, 2.05) is 0 Å². The SMILES string of the molecule is O=C(O)c1cccc(F)c1NC(=O)C1C2CCCC21. The van der Waals surface area contributed by atoms with Crippen LogP contribution in [0.2, 0.25) is 0 Å². The molecule has 2 aliphatic rings. The zero-order valence-corrected chi connectivity index (χ0v) is 10.2. The number of amides is 1. The van der Waals surface area contributed by atoms with Crippen molar-refractivity contribution in [2.75, 3.05) is 5.32 Å². The highest BCUT2D eigenvalue weighted by molar-refractivity contribution is 6.02. The summed E-state index contributed by atoms with van der Waals surface area (Å²) >= 11 is 0. The smallest absolute Gasteiger partial charge is 0.337 e. The summed E-state index contributed by atoms with van der Waals surface area (Å²) in [5.74, 6) is -1.43. The molecule has 1 aromatic carbocycles. The molecule has 0 radical (unpaired) electrons. The Morgan fingerprint density at radius 1 is 1.26 bits per heavy atom. The van der Waals surface area contributed by atoms with Crippen LogP contribution in [-0.2, 0) is 4.79 Å². The predicted molar refractivity (Wildman–Crippen MR) is 66.3 cm³/mol. The van der Waals surface area contributed by atoms with E-state index in [4.69, 9.17) is 5.11 Å². The number of hydrogen-bond acceptors (Lipinski definition) is 2. The Kier molecular flexibility index (Phi) is 2.77. The van der Waals surface area contributed by atoms with Gasteiger partial charge in [0.15, 0.2) is 0 Å². The van der Waals surface area contributed by atoms with Crippen LogP contribution in [0.1, 0.15) is 29.6 Å². The minimum absolute atomic E-state index is 0.0602. The second-order valence-electron chi connectivity index (χ2n) is 5.24. The first-order valence-electron chi connectivity index (χ1n) is 6.42. The maximum absolute atomic E-state index is 13.7. The average Bonchev–Trinajstić information content (AvgIpc) is 2.85. The number of nitrogens with one attached hydrogen (secondary N) is 1. The molecule has 4 nitrogen and oxygen atoms in total. The molecule has 19 heavy (non-hydrogen) atoms. The van der Waals surface area contributed by atoms with Crippen LogP contribution in [0.15, 0.2) is 18.2 Å². The Hall–Kier alpha value is -1.91. The van der Waals surface area contributed by atoms with E-state index in [0.29, 0.717) is 11.8 Å². The summed E-state index contributed by atoms with van der Waals surface area (Å²) < 4.78 is 13.7. The number of benzene rings is 1. The van der Waals surface area contributed by atoms with E-state index in [-0.39, 0.29) is 23.1 Å². The standard InChI is InChI=1S/C14H14FNO3/c15-10-6-2-5-9(14(18)19)12(10)16-13(17)11-7-3-1-4-8(7)11/h2,5-8,11H,1,3-4H2,(H,16,17)(H,18,19). The van der Waals surface area contributed by atoms with Crippen LogP contribution in [0.25, 0.3) is 0 Å². The van der Waals surface area contributed by atoms with E-state index >= 15 is 0 Å². The largest absolute Gasteiger partial charge is 0.478 e. The van der Waals surface area contributed by atoms with E-state index in [0.717, 1.165) is 25.3 Å². The third-order valence-corrected chi connectivity index (χ3v) is 4.20. The molecular formula is C14H14FNO3. The molecule has 2 saturated carbocycles. The van der Waals surface area contributed by atoms with Gasteiger partial charge in [0.1, 0.15) is 5.82 Å². The summed E-state index contributed by atoms with van der Waals surface area (Å²) in [6.45, 7) is 0. The fraction of sp³-hybridized carbons (Fsp3) is 0.429. The highest BCUT2D eigenvalue weighted by atomic mass is 19.1. The van der Waals surface area contributed by atoms with Gasteiger partial charge in [-0.3, -0.25) is 4.79 Å². The summed E-state index contributed by atoms with van der Waals surface area (Å²) in [6.07, 6.45) is 3.25. The van der Waals surface area contributed by atoms with Crippen molar-refractivity contribution >= 4 is 17.6 Å². The average molecular weight is 263 g/mol. The minimum Gasteiger partial charge on any atom is -0.478 e. The highest BCUT2D eigenvalue weighted by Gasteiger charge is 2.56. The number of para-hydroxylation sites is 1. The number of fused-ring (bicyclic) bond motifs is 1. The van der Waals surface area contributed by atoms with Gasteiger partial charge in [-0.15, -0.1) is 0 Å². The van der Waals surface area contributed by atoms with Crippen LogP contribution in [0.5, 0.6) is 0 Å². The molecule has 0 aliphatic heterocycles. The molecule has 2 N–H and O–H groups in total. The van der Waals surface area contributed by atoms with Crippen LogP contribution in [0.4, 0.5) is 10.1 Å². The van der Waals surface area contributed by atoms with E-state index in [9.17, 15) is 14.0 Å². The van der Waals surface area contributed by atoms with Gasteiger partial charge in [0.25, 0.3) is 0 Å². The molecular weight excluding hydrogens is 249 g/mol. The summed E-state index contributed by atoms with van der Waals surface area (Å²) in [4.78, 5) is 23.1. The highest BCUT2D eigenvalue weighted by Crippen LogP contribution is 2.57. The molecule has 2 aliphatic carbocycles. The number of rotatable bonds is 3. The second-order valence-corrected chi connectivity index (χ2v) is 5.24. The summed E-state index contributed by atoms with van der Waals surface area (Å²) in [5, 5.41) is 11.5. The van der Waals surface area contributed by atoms with Gasteiger partial charge in [0, 0.05) is 5.92 Å². The fourth-order valence-corrected chi connectivity index (χ4v) is 3.25. The van der Waals surface area contributed by atoms with Crippen molar-refractivity contribution < 1.29 is 19.1 Å². The van der Waals surface area contributed by atoms with Crippen LogP contribution in [0.3, 0.4) is 0 Å². The molecule has 0 bridgehead atoms. The zero-order chi connectivity index (χ0) is 13.6. The number of carbonyl (C=O) groups is 2. The van der Waals surface area contributed by atoms with Crippen LogP contribution >= 0.6 is 0 Å². The molecule has 5 heteroatoms. The normalized spacial score (nSPS) is 27.7. The number of aromatic carboxylic acids is 1. The van der Waals surface area contributed by atoms with E-state index in [2.05, 4.69) is 5.32 Å². The van der Waals surface area contributed by atoms with Gasteiger partial charge in [0.05, 0.1) is 11.3 Å². The van der Waals surface area contributed by atoms with Gasteiger partial charge in [0.2, 0.25) is 5.91 Å². The molecule has 1 aromatic rings. The van der Waals surface area contributed by atoms with Crippen molar-refractivity contribution in [1.29, 1.82) is 0 Å². The lowest BCUT2D eigenvalue weighted by molar-refractivity contribution is -0.118. The molecule has 0 spiro atoms. The Balaban J connectivity index is 1.80. The van der Waals surface area contributed by atoms with Crippen LogP contribution in [0, 0.1) is 23.6 Å². The van der Waals surface area contributed by atoms with Gasteiger partial charge >= 0.3 is 5.97 Å². The Morgan fingerprint density at radius 3 is 2.58 bits per heavy atom. The fourth-order valence-electron chi connectivity index (χ4n) is 3.25. The maximum atomic E-state index is 13.7. The quantitative estimate of drug-likeness (QED) is 0.880. The Morgan fingerprint density at radius 2 is 1.95 bits per heavy atom. The van der Waals surface area contributed by atoms with Crippen LogP contribution < -0.4 is 5.32 Å². The third-order valence-electron chi connectivity index (χ3n) is 4.20. The van der Waals surface area contributed by atoms with Gasteiger partial charge in [-0.05, 0) is 36.8 Å². The lowest BCUT2D eigenvalue weighted by atomic mass is 10.1.